The molecule has 2 aromatic carbocycles. The molecule has 3 atom stereocenters. The zero-order chi connectivity index (χ0) is 24.4. The van der Waals surface area contributed by atoms with Gasteiger partial charge in [-0.2, -0.15) is 0 Å². The number of carboxylic acid groups (broad SMARTS) is 1. The number of carbonyl (C=O) groups excluding carboxylic acids is 2. The smallest absolute Gasteiger partial charge is 0.407 e. The first-order chi connectivity index (χ1) is 17.0. The normalized spacial score (nSPS) is 25.0. The van der Waals surface area contributed by atoms with E-state index in [1.165, 1.54) is 0 Å². The Labute approximate surface area is 202 Å². The van der Waals surface area contributed by atoms with Gasteiger partial charge in [0.2, 0.25) is 5.91 Å². The number of alkyl carbamates (subject to hydrolysis) is 1. The number of carboxylic acids is 1. The summed E-state index contributed by atoms with van der Waals surface area (Å²) >= 11 is 0. The minimum atomic E-state index is -1.40. The van der Waals surface area contributed by atoms with E-state index < -0.39 is 29.6 Å². The van der Waals surface area contributed by atoms with Gasteiger partial charge < -0.3 is 30.0 Å². The summed E-state index contributed by atoms with van der Waals surface area (Å²) in [5, 5.41) is 14.8. The molecule has 2 amide bonds. The summed E-state index contributed by atoms with van der Waals surface area (Å²) in [4.78, 5) is 36.6. The standard InChI is InChI=1S/C26H28N2O7/c29-23(28-26(24(30)31)11-12-33-15-26)22-10-9-16(35-22)13-27-25(32)34-14-21-19-7-3-1-5-17(19)18-6-2-4-8-20(18)21/h1-8,16,21-22H,9-15H2,(H,27,32)(H,28,29)(H,30,31). The highest BCUT2D eigenvalue weighted by atomic mass is 16.6. The molecular formula is C26H28N2O7. The van der Waals surface area contributed by atoms with E-state index in [-0.39, 0.29) is 44.8 Å². The minimum Gasteiger partial charge on any atom is -0.479 e. The second kappa shape index (κ2) is 9.67. The quantitative estimate of drug-likeness (QED) is 0.556. The third-order valence-electron chi connectivity index (χ3n) is 7.01. The summed E-state index contributed by atoms with van der Waals surface area (Å²) in [6.07, 6.45) is -0.435. The van der Waals surface area contributed by atoms with E-state index in [9.17, 15) is 19.5 Å². The number of carbonyl (C=O) groups is 3. The lowest BCUT2D eigenvalue weighted by molar-refractivity contribution is -0.149. The fraction of sp³-hybridized carbons (Fsp3) is 0.423. The van der Waals surface area contributed by atoms with E-state index in [4.69, 9.17) is 14.2 Å². The number of rotatable bonds is 7. The summed E-state index contributed by atoms with van der Waals surface area (Å²) in [7, 11) is 0. The summed E-state index contributed by atoms with van der Waals surface area (Å²) in [6.45, 7) is 0.641. The molecule has 2 heterocycles. The number of hydrogen-bond acceptors (Lipinski definition) is 6. The van der Waals surface area contributed by atoms with Crippen molar-refractivity contribution in [2.24, 2.45) is 0 Å². The molecule has 184 valence electrons. The maximum absolute atomic E-state index is 12.6. The van der Waals surface area contributed by atoms with Gasteiger partial charge in [-0.05, 0) is 35.1 Å². The Morgan fingerprint density at radius 1 is 1.03 bits per heavy atom. The van der Waals surface area contributed by atoms with Crippen LogP contribution in [0.4, 0.5) is 4.79 Å². The van der Waals surface area contributed by atoms with E-state index >= 15 is 0 Å². The molecule has 2 aliphatic heterocycles. The summed E-state index contributed by atoms with van der Waals surface area (Å²) < 4.78 is 16.5. The van der Waals surface area contributed by atoms with Crippen LogP contribution >= 0.6 is 0 Å². The van der Waals surface area contributed by atoms with Gasteiger partial charge in [-0.25, -0.2) is 9.59 Å². The fourth-order valence-corrected chi connectivity index (χ4v) is 5.10. The van der Waals surface area contributed by atoms with Crippen LogP contribution in [-0.4, -0.2) is 67.2 Å². The zero-order valence-electron chi connectivity index (χ0n) is 19.2. The van der Waals surface area contributed by atoms with E-state index in [1.807, 2.05) is 24.3 Å². The lowest BCUT2D eigenvalue weighted by Gasteiger charge is -2.25. The summed E-state index contributed by atoms with van der Waals surface area (Å²) in [6, 6.07) is 16.3. The Hall–Kier alpha value is -3.43. The highest BCUT2D eigenvalue weighted by molar-refractivity contribution is 5.89. The monoisotopic (exact) mass is 480 g/mol. The van der Waals surface area contributed by atoms with E-state index in [2.05, 4.69) is 34.9 Å². The number of aliphatic carboxylic acids is 1. The van der Waals surface area contributed by atoms with Crippen LogP contribution in [0, 0.1) is 0 Å². The number of nitrogens with one attached hydrogen (secondary N) is 2. The molecule has 2 fully saturated rings. The first-order valence-corrected chi connectivity index (χ1v) is 11.8. The maximum Gasteiger partial charge on any atom is 0.407 e. The lowest BCUT2D eigenvalue weighted by atomic mass is 9.98. The van der Waals surface area contributed by atoms with Gasteiger partial charge in [0.15, 0.2) is 5.54 Å². The topological polar surface area (TPSA) is 123 Å². The van der Waals surface area contributed by atoms with Gasteiger partial charge in [0, 0.05) is 25.5 Å². The predicted octanol–water partition coefficient (Wildman–Crippen LogP) is 2.43. The fourth-order valence-electron chi connectivity index (χ4n) is 5.10. The van der Waals surface area contributed by atoms with Gasteiger partial charge in [-0.3, -0.25) is 4.79 Å². The molecule has 3 N–H and O–H groups in total. The van der Waals surface area contributed by atoms with E-state index in [0.29, 0.717) is 12.8 Å². The van der Waals surface area contributed by atoms with Crippen molar-refractivity contribution in [1.82, 2.24) is 10.6 Å². The summed E-state index contributed by atoms with van der Waals surface area (Å²) in [5.41, 5.74) is 3.20. The summed E-state index contributed by atoms with van der Waals surface area (Å²) in [5.74, 6) is -1.61. The molecule has 9 heteroatoms. The molecule has 2 saturated heterocycles. The van der Waals surface area contributed by atoms with Crippen LogP contribution in [0.5, 0.6) is 0 Å². The van der Waals surface area contributed by atoms with Crippen LogP contribution < -0.4 is 10.6 Å². The van der Waals surface area contributed by atoms with Gasteiger partial charge in [0.1, 0.15) is 12.7 Å². The number of hydrogen-bond donors (Lipinski definition) is 3. The van der Waals surface area contributed by atoms with Crippen molar-refractivity contribution in [1.29, 1.82) is 0 Å². The first kappa shape index (κ1) is 23.3. The number of benzene rings is 2. The average molecular weight is 481 g/mol. The first-order valence-electron chi connectivity index (χ1n) is 11.8. The van der Waals surface area contributed by atoms with Crippen molar-refractivity contribution >= 4 is 18.0 Å². The Balaban J connectivity index is 1.10. The van der Waals surface area contributed by atoms with Crippen molar-refractivity contribution < 1.29 is 33.7 Å². The maximum atomic E-state index is 12.6. The van der Waals surface area contributed by atoms with E-state index in [0.717, 1.165) is 22.3 Å². The minimum absolute atomic E-state index is 0.0231. The van der Waals surface area contributed by atoms with Crippen LogP contribution in [0.1, 0.15) is 36.3 Å². The molecule has 3 unspecified atom stereocenters. The van der Waals surface area contributed by atoms with Crippen molar-refractivity contribution in [2.75, 3.05) is 26.4 Å². The van der Waals surface area contributed by atoms with Gasteiger partial charge >= 0.3 is 12.1 Å². The van der Waals surface area contributed by atoms with Gasteiger partial charge in [0.05, 0.1) is 12.7 Å². The van der Waals surface area contributed by atoms with Crippen molar-refractivity contribution in [3.8, 4) is 11.1 Å². The molecule has 0 saturated carbocycles. The molecule has 0 radical (unpaired) electrons. The molecule has 2 aromatic rings. The average Bonchev–Trinajstić information content (AvgIpc) is 3.60. The second-order valence-electron chi connectivity index (χ2n) is 9.21. The molecule has 0 aromatic heterocycles. The van der Waals surface area contributed by atoms with E-state index in [1.54, 1.807) is 0 Å². The Bertz CT molecular complexity index is 1080. The number of fused-ring (bicyclic) bond motifs is 3. The molecule has 0 bridgehead atoms. The molecule has 9 nitrogen and oxygen atoms in total. The van der Waals surface area contributed by atoms with Crippen molar-refractivity contribution in [3.63, 3.8) is 0 Å². The van der Waals surface area contributed by atoms with Crippen molar-refractivity contribution in [2.45, 2.75) is 42.9 Å². The predicted molar refractivity (Wildman–Crippen MR) is 125 cm³/mol. The van der Waals surface area contributed by atoms with Gasteiger partial charge in [-0.15, -0.1) is 0 Å². The lowest BCUT2D eigenvalue weighted by Crippen LogP contribution is -2.57. The highest BCUT2D eigenvalue weighted by Gasteiger charge is 2.46. The van der Waals surface area contributed by atoms with Crippen LogP contribution in [0.2, 0.25) is 0 Å². The van der Waals surface area contributed by atoms with Crippen LogP contribution in [0.15, 0.2) is 48.5 Å². The highest BCUT2D eigenvalue weighted by Crippen LogP contribution is 2.44. The van der Waals surface area contributed by atoms with Crippen LogP contribution in [0.25, 0.3) is 11.1 Å². The number of amides is 2. The molecule has 1 aliphatic carbocycles. The SMILES string of the molecule is O=C(NCC1CCC(C(=O)NC2(C(=O)O)CCOC2)O1)OCC1c2ccccc2-c2ccccc21. The largest absolute Gasteiger partial charge is 0.479 e. The third-order valence-corrected chi connectivity index (χ3v) is 7.01. The molecule has 3 aliphatic rings. The number of ether oxygens (including phenoxy) is 3. The second-order valence-corrected chi connectivity index (χ2v) is 9.21. The van der Waals surface area contributed by atoms with Crippen LogP contribution in [0.3, 0.4) is 0 Å². The Morgan fingerprint density at radius 3 is 2.34 bits per heavy atom. The van der Waals surface area contributed by atoms with Crippen molar-refractivity contribution in [3.05, 3.63) is 59.7 Å². The molecule has 5 rings (SSSR count). The molecule has 35 heavy (non-hydrogen) atoms. The Morgan fingerprint density at radius 2 is 1.71 bits per heavy atom. The van der Waals surface area contributed by atoms with Gasteiger partial charge in [-0.1, -0.05) is 48.5 Å². The van der Waals surface area contributed by atoms with Crippen LogP contribution in [-0.2, 0) is 23.8 Å². The molecular weight excluding hydrogens is 452 g/mol. The third kappa shape index (κ3) is 4.61. The van der Waals surface area contributed by atoms with Gasteiger partial charge in [0.25, 0.3) is 0 Å². The Kier molecular flexibility index (Phi) is 6.44. The zero-order valence-corrected chi connectivity index (χ0v) is 19.2. The molecule has 0 spiro atoms.